The molecule has 0 unspecified atom stereocenters. The van der Waals surface area contributed by atoms with E-state index in [1.807, 2.05) is 105 Å². The molecule has 0 spiro atoms. The molecule has 5 aromatic rings. The van der Waals surface area contributed by atoms with E-state index < -0.39 is 22.0 Å². The van der Waals surface area contributed by atoms with Crippen molar-refractivity contribution in [2.75, 3.05) is 25.1 Å². The van der Waals surface area contributed by atoms with E-state index in [1.54, 1.807) is 19.1 Å². The third kappa shape index (κ3) is 9.55. The maximum Gasteiger partial charge on any atom is 0.338 e. The molecule has 266 valence electrons. The number of nitrogen functional groups attached to an aromatic ring is 1. The number of carbonyl (C=O) groups excluding carboxylic acids is 1. The lowest BCUT2D eigenvalue weighted by atomic mass is 9.98. The monoisotopic (exact) mass is 708 g/mol. The van der Waals surface area contributed by atoms with Crippen molar-refractivity contribution in [2.24, 2.45) is 0 Å². The van der Waals surface area contributed by atoms with E-state index >= 15 is 0 Å². The number of nitrogens with two attached hydrogens (primary N) is 1. The molecule has 0 aliphatic heterocycles. The molecule has 0 saturated heterocycles. The summed E-state index contributed by atoms with van der Waals surface area (Å²) in [6, 6.07) is 33.0. The van der Waals surface area contributed by atoms with Gasteiger partial charge >= 0.3 is 5.97 Å². The number of hydrogen-bond acceptors (Lipinski definition) is 9. The van der Waals surface area contributed by atoms with Crippen LogP contribution < -0.4 is 20.5 Å². The van der Waals surface area contributed by atoms with Gasteiger partial charge in [-0.15, -0.1) is 0 Å². The van der Waals surface area contributed by atoms with Gasteiger partial charge in [-0.1, -0.05) is 78.9 Å². The molecule has 9 nitrogen and oxygen atoms in total. The zero-order valence-corrected chi connectivity index (χ0v) is 30.1. The predicted molar refractivity (Wildman–Crippen MR) is 200 cm³/mol. The number of aliphatic hydroxyl groups excluding tert-OH is 1. The minimum atomic E-state index is -3.77. The molecule has 5 aromatic carbocycles. The Kier molecular flexibility index (Phi) is 12.1. The summed E-state index contributed by atoms with van der Waals surface area (Å²) in [6.07, 6.45) is -0.0241. The van der Waals surface area contributed by atoms with E-state index in [0.717, 1.165) is 45.4 Å². The first-order valence-corrected chi connectivity index (χ1v) is 18.6. The highest BCUT2D eigenvalue weighted by Crippen LogP contribution is 2.37. The number of esters is 1. The maximum atomic E-state index is 12.8. The number of ether oxygens (including phenoxy) is 3. The van der Waals surface area contributed by atoms with Crippen molar-refractivity contribution in [3.05, 3.63) is 143 Å². The summed E-state index contributed by atoms with van der Waals surface area (Å²) in [5.74, 6) is 0.499. The van der Waals surface area contributed by atoms with Gasteiger partial charge in [0.05, 0.1) is 17.4 Å². The van der Waals surface area contributed by atoms with Gasteiger partial charge in [-0.05, 0) is 84.5 Å². The van der Waals surface area contributed by atoms with Crippen LogP contribution in [0.15, 0.2) is 114 Å². The van der Waals surface area contributed by atoms with Gasteiger partial charge in [-0.3, -0.25) is 0 Å². The number of benzene rings is 5. The van der Waals surface area contributed by atoms with Gasteiger partial charge in [0, 0.05) is 24.4 Å². The van der Waals surface area contributed by atoms with Gasteiger partial charge < -0.3 is 30.4 Å². The summed E-state index contributed by atoms with van der Waals surface area (Å²) in [5, 5.41) is 14.4. The Hall–Kier alpha value is -5.16. The molecule has 0 saturated carbocycles. The van der Waals surface area contributed by atoms with E-state index in [1.165, 1.54) is 6.07 Å². The van der Waals surface area contributed by atoms with E-state index in [-0.39, 0.29) is 35.5 Å². The van der Waals surface area contributed by atoms with Crippen molar-refractivity contribution in [3.63, 3.8) is 0 Å². The lowest BCUT2D eigenvalue weighted by Crippen LogP contribution is -2.35. The molecule has 0 bridgehead atoms. The molecule has 0 aliphatic rings. The maximum absolute atomic E-state index is 12.8. The number of rotatable bonds is 15. The van der Waals surface area contributed by atoms with Crippen LogP contribution in [0, 0.1) is 13.8 Å². The van der Waals surface area contributed by atoms with Gasteiger partial charge in [0.1, 0.15) is 36.2 Å². The summed E-state index contributed by atoms with van der Waals surface area (Å²) in [7, 11) is -3.77. The number of sulfone groups is 1. The average molecular weight is 709 g/mol. The van der Waals surface area contributed by atoms with Crippen molar-refractivity contribution in [1.82, 2.24) is 5.32 Å². The summed E-state index contributed by atoms with van der Waals surface area (Å²) in [4.78, 5) is 12.6. The largest absolute Gasteiger partial charge is 0.492 e. The van der Waals surface area contributed by atoms with Crippen molar-refractivity contribution in [1.29, 1.82) is 0 Å². The minimum absolute atomic E-state index is 0.0404. The molecular formula is C41H44N2O7S. The first-order chi connectivity index (χ1) is 24.4. The predicted octanol–water partition coefficient (Wildman–Crippen LogP) is 6.98. The second-order valence-corrected chi connectivity index (χ2v) is 14.5. The highest BCUT2D eigenvalue weighted by Gasteiger charge is 2.26. The van der Waals surface area contributed by atoms with Crippen LogP contribution in [0.5, 0.6) is 11.5 Å². The number of aryl methyl sites for hydroxylation is 2. The number of hydrogen-bond donors (Lipinski definition) is 3. The van der Waals surface area contributed by atoms with E-state index in [4.69, 9.17) is 19.9 Å². The van der Waals surface area contributed by atoms with Crippen molar-refractivity contribution >= 4 is 21.5 Å². The van der Waals surface area contributed by atoms with Crippen LogP contribution >= 0.6 is 0 Å². The first-order valence-electron chi connectivity index (χ1n) is 16.7. The molecule has 0 fully saturated rings. The van der Waals surface area contributed by atoms with Crippen molar-refractivity contribution in [3.8, 4) is 22.6 Å². The Morgan fingerprint density at radius 3 is 2.06 bits per heavy atom. The molecule has 0 amide bonds. The van der Waals surface area contributed by atoms with Crippen molar-refractivity contribution in [2.45, 2.75) is 51.0 Å². The summed E-state index contributed by atoms with van der Waals surface area (Å²) < 4.78 is 43.0. The Bertz CT molecular complexity index is 2050. The molecule has 0 aliphatic carbocycles. The molecule has 2 atom stereocenters. The highest BCUT2D eigenvalue weighted by atomic mass is 32.2. The second kappa shape index (κ2) is 16.7. The number of anilines is 1. The Labute approximate surface area is 299 Å². The third-order valence-corrected chi connectivity index (χ3v) is 9.68. The molecule has 0 aromatic heterocycles. The molecule has 10 heteroatoms. The number of carbonyl (C=O) groups is 1. The molecule has 0 radical (unpaired) electrons. The van der Waals surface area contributed by atoms with Crippen LogP contribution in [0.3, 0.4) is 0 Å². The fraction of sp³-hybridized carbons (Fsp3) is 0.244. The normalized spacial score (nSPS) is 12.6. The summed E-state index contributed by atoms with van der Waals surface area (Å²) in [6.45, 7) is 6.83. The number of aliphatic hydroxyl groups is 1. The highest BCUT2D eigenvalue weighted by molar-refractivity contribution is 7.91. The Balaban J connectivity index is 1.18. The first kappa shape index (κ1) is 37.1. The molecular weight excluding hydrogens is 665 g/mol. The van der Waals surface area contributed by atoms with E-state index in [9.17, 15) is 18.3 Å². The van der Waals surface area contributed by atoms with Crippen LogP contribution in [0.2, 0.25) is 0 Å². The molecule has 0 heterocycles. The summed E-state index contributed by atoms with van der Waals surface area (Å²) >= 11 is 0. The SMILES string of the molecule is Cc1cc(-c2cccc(C(=O)OCc3ccccc3)c2)cc(C)c1OCCN[C@@H](C)[C@H](O)c1ccc(OCc2ccccc2)c(S(C)(=O)=O)c1N. The lowest BCUT2D eigenvalue weighted by molar-refractivity contribution is 0.0472. The zero-order chi connectivity index (χ0) is 36.5. The van der Waals surface area contributed by atoms with Crippen LogP contribution in [-0.4, -0.2) is 44.9 Å². The van der Waals surface area contributed by atoms with Crippen LogP contribution in [0.25, 0.3) is 11.1 Å². The Morgan fingerprint density at radius 2 is 1.43 bits per heavy atom. The Morgan fingerprint density at radius 1 is 0.804 bits per heavy atom. The number of nitrogens with one attached hydrogen (secondary N) is 1. The van der Waals surface area contributed by atoms with Crippen LogP contribution in [0.1, 0.15) is 51.2 Å². The molecule has 51 heavy (non-hydrogen) atoms. The van der Waals surface area contributed by atoms with Gasteiger partial charge in [0.25, 0.3) is 0 Å². The minimum Gasteiger partial charge on any atom is -0.492 e. The quantitative estimate of drug-likeness (QED) is 0.0598. The van der Waals surface area contributed by atoms with E-state index in [0.29, 0.717) is 24.3 Å². The standard InChI is InChI=1S/C41H44N2O7S/c1-27-22-34(32-16-11-17-33(24-32)41(45)50-26-31-14-9-6-10-15-31)23-28(2)39(27)48-21-20-43-29(3)38(44)35-18-19-36(40(37(35)42)51(4,46)47)49-25-30-12-7-5-8-13-30/h5-19,22-24,29,38,43-44H,20-21,25-26,42H2,1-4H3/t29-,38-/m0/s1. The van der Waals surface area contributed by atoms with Gasteiger partial charge in [-0.2, -0.15) is 0 Å². The van der Waals surface area contributed by atoms with Gasteiger partial charge in [0.15, 0.2) is 9.84 Å². The topological polar surface area (TPSA) is 137 Å². The fourth-order valence-corrected chi connectivity index (χ4v) is 6.89. The van der Waals surface area contributed by atoms with Gasteiger partial charge in [-0.25, -0.2) is 13.2 Å². The van der Waals surface area contributed by atoms with Crippen molar-refractivity contribution < 1.29 is 32.5 Å². The fourth-order valence-electron chi connectivity index (χ4n) is 5.88. The van der Waals surface area contributed by atoms with E-state index in [2.05, 4.69) is 5.32 Å². The lowest BCUT2D eigenvalue weighted by Gasteiger charge is -2.24. The van der Waals surface area contributed by atoms with Crippen LogP contribution in [0.4, 0.5) is 5.69 Å². The molecule has 5 rings (SSSR count). The smallest absolute Gasteiger partial charge is 0.338 e. The average Bonchev–Trinajstić information content (AvgIpc) is 3.12. The van der Waals surface area contributed by atoms with Crippen LogP contribution in [-0.2, 0) is 27.8 Å². The third-order valence-electron chi connectivity index (χ3n) is 8.51. The summed E-state index contributed by atoms with van der Waals surface area (Å²) in [5.41, 5.74) is 12.6. The van der Waals surface area contributed by atoms with Gasteiger partial charge in [0.2, 0.25) is 0 Å². The second-order valence-electron chi connectivity index (χ2n) is 12.6. The zero-order valence-electron chi connectivity index (χ0n) is 29.3. The molecule has 4 N–H and O–H groups in total.